The molecule has 2 rings (SSSR count). The Morgan fingerprint density at radius 3 is 2.81 bits per heavy atom. The highest BCUT2D eigenvalue weighted by molar-refractivity contribution is 7.99. The van der Waals surface area contributed by atoms with Gasteiger partial charge in [0.25, 0.3) is 5.91 Å². The van der Waals surface area contributed by atoms with Gasteiger partial charge in [-0.2, -0.15) is 11.8 Å². The number of nitrogens with one attached hydrogen (secondary N) is 1. The maximum atomic E-state index is 11.8. The molecule has 0 aliphatic carbocycles. The molecule has 1 aromatic heterocycles. The van der Waals surface area contributed by atoms with E-state index in [-0.39, 0.29) is 5.91 Å². The zero-order valence-corrected chi connectivity index (χ0v) is 10.4. The van der Waals surface area contributed by atoms with E-state index in [1.807, 2.05) is 11.8 Å². The molecule has 1 aliphatic rings. The molecule has 5 heteroatoms. The van der Waals surface area contributed by atoms with Gasteiger partial charge >= 0.3 is 0 Å². The fraction of sp³-hybridized carbons (Fsp3) is 0.455. The lowest BCUT2D eigenvalue weighted by Gasteiger charge is -2.22. The van der Waals surface area contributed by atoms with Gasteiger partial charge in [0.1, 0.15) is 5.15 Å². The number of nitrogens with zero attached hydrogens (tertiary/aromatic N) is 1. The van der Waals surface area contributed by atoms with Crippen molar-refractivity contribution in [2.45, 2.75) is 18.9 Å². The van der Waals surface area contributed by atoms with Crippen LogP contribution >= 0.6 is 23.4 Å². The molecule has 1 aliphatic heterocycles. The summed E-state index contributed by atoms with van der Waals surface area (Å²) in [6.45, 7) is 0. The fourth-order valence-electron chi connectivity index (χ4n) is 1.62. The normalized spacial score (nSPS) is 17.1. The first kappa shape index (κ1) is 11.7. The van der Waals surface area contributed by atoms with Crippen molar-refractivity contribution < 1.29 is 4.79 Å². The highest BCUT2D eigenvalue weighted by Gasteiger charge is 2.16. The summed E-state index contributed by atoms with van der Waals surface area (Å²) in [7, 11) is 0. The summed E-state index contributed by atoms with van der Waals surface area (Å²) >= 11 is 7.61. The van der Waals surface area contributed by atoms with E-state index in [0.29, 0.717) is 16.8 Å². The van der Waals surface area contributed by atoms with E-state index in [1.54, 1.807) is 12.1 Å². The van der Waals surface area contributed by atoms with Crippen LogP contribution in [-0.2, 0) is 0 Å². The van der Waals surface area contributed by atoms with Gasteiger partial charge in [0.05, 0.1) is 5.56 Å². The van der Waals surface area contributed by atoms with Gasteiger partial charge in [-0.3, -0.25) is 4.79 Å². The molecule has 16 heavy (non-hydrogen) atoms. The number of carbonyl (C=O) groups excluding carboxylic acids is 1. The molecule has 86 valence electrons. The van der Waals surface area contributed by atoms with E-state index < -0.39 is 0 Å². The predicted molar refractivity (Wildman–Crippen MR) is 67.1 cm³/mol. The molecule has 2 heterocycles. The van der Waals surface area contributed by atoms with Crippen LogP contribution in [0.5, 0.6) is 0 Å². The molecule has 0 aromatic carbocycles. The van der Waals surface area contributed by atoms with Gasteiger partial charge in [-0.25, -0.2) is 4.98 Å². The molecule has 1 amide bonds. The second-order valence-corrected chi connectivity index (χ2v) is 5.34. The summed E-state index contributed by atoms with van der Waals surface area (Å²) in [6, 6.07) is 3.64. The molecule has 0 atom stereocenters. The van der Waals surface area contributed by atoms with Crippen LogP contribution in [0, 0.1) is 0 Å². The number of rotatable bonds is 2. The third-order valence-electron chi connectivity index (χ3n) is 2.55. The van der Waals surface area contributed by atoms with E-state index in [4.69, 9.17) is 11.6 Å². The van der Waals surface area contributed by atoms with Gasteiger partial charge in [-0.1, -0.05) is 11.6 Å². The third kappa shape index (κ3) is 3.12. The maximum Gasteiger partial charge on any atom is 0.253 e. The topological polar surface area (TPSA) is 42.0 Å². The van der Waals surface area contributed by atoms with Gasteiger partial charge in [-0.15, -0.1) is 0 Å². The van der Waals surface area contributed by atoms with Crippen LogP contribution in [0.25, 0.3) is 0 Å². The van der Waals surface area contributed by atoms with Crippen molar-refractivity contribution >= 4 is 29.3 Å². The highest BCUT2D eigenvalue weighted by atomic mass is 35.5. The second-order valence-electron chi connectivity index (χ2n) is 3.73. The third-order valence-corrected chi connectivity index (χ3v) is 3.82. The first-order valence-corrected chi connectivity index (χ1v) is 6.79. The van der Waals surface area contributed by atoms with Crippen molar-refractivity contribution in [3.8, 4) is 0 Å². The lowest BCUT2D eigenvalue weighted by molar-refractivity contribution is 0.0934. The number of hydrogen-bond acceptors (Lipinski definition) is 3. The van der Waals surface area contributed by atoms with Gasteiger partial charge in [-0.05, 0) is 36.5 Å². The van der Waals surface area contributed by atoms with Crippen molar-refractivity contribution in [3.63, 3.8) is 0 Å². The molecule has 0 saturated carbocycles. The molecule has 0 spiro atoms. The van der Waals surface area contributed by atoms with E-state index in [9.17, 15) is 4.79 Å². The molecule has 0 radical (unpaired) electrons. The number of halogens is 1. The minimum atomic E-state index is -0.0546. The lowest BCUT2D eigenvalue weighted by Crippen LogP contribution is -2.37. The number of amides is 1. The Morgan fingerprint density at radius 1 is 1.44 bits per heavy atom. The Labute approximate surface area is 104 Å². The Balaban J connectivity index is 1.94. The molecule has 1 aromatic rings. The first-order chi connectivity index (χ1) is 7.75. The van der Waals surface area contributed by atoms with Crippen LogP contribution in [0.3, 0.4) is 0 Å². The average Bonchev–Trinajstić information content (AvgIpc) is 2.31. The van der Waals surface area contributed by atoms with E-state index >= 15 is 0 Å². The van der Waals surface area contributed by atoms with Crippen LogP contribution in [0.2, 0.25) is 5.15 Å². The summed E-state index contributed by atoms with van der Waals surface area (Å²) in [5, 5.41) is 3.43. The Kier molecular flexibility index (Phi) is 4.07. The summed E-state index contributed by atoms with van der Waals surface area (Å²) in [5.41, 5.74) is 0.572. The van der Waals surface area contributed by atoms with Crippen molar-refractivity contribution in [1.29, 1.82) is 0 Å². The van der Waals surface area contributed by atoms with Crippen molar-refractivity contribution in [3.05, 3.63) is 29.0 Å². The van der Waals surface area contributed by atoms with Gasteiger partial charge in [0.15, 0.2) is 0 Å². The van der Waals surface area contributed by atoms with Crippen molar-refractivity contribution in [2.75, 3.05) is 11.5 Å². The SMILES string of the molecule is O=C(NC1CCSCC1)c1ccc(Cl)nc1. The van der Waals surface area contributed by atoms with Crippen molar-refractivity contribution in [2.24, 2.45) is 0 Å². The molecule has 1 N–H and O–H groups in total. The Hall–Kier alpha value is -0.740. The standard InChI is InChI=1S/C11H13ClN2OS/c12-10-2-1-8(7-13-10)11(15)14-9-3-5-16-6-4-9/h1-2,7,9H,3-6H2,(H,14,15). The second kappa shape index (κ2) is 5.55. The average molecular weight is 257 g/mol. The minimum Gasteiger partial charge on any atom is -0.349 e. The van der Waals surface area contributed by atoms with Gasteiger partial charge in [0.2, 0.25) is 0 Å². The van der Waals surface area contributed by atoms with E-state index in [1.165, 1.54) is 6.20 Å². The maximum absolute atomic E-state index is 11.8. The number of hydrogen-bond donors (Lipinski definition) is 1. The monoisotopic (exact) mass is 256 g/mol. The predicted octanol–water partition coefficient (Wildman–Crippen LogP) is 2.36. The number of carbonyl (C=O) groups is 1. The van der Waals surface area contributed by atoms with Crippen molar-refractivity contribution in [1.82, 2.24) is 10.3 Å². The number of pyridine rings is 1. The fourth-order valence-corrected chi connectivity index (χ4v) is 2.84. The van der Waals surface area contributed by atoms with Crippen LogP contribution < -0.4 is 5.32 Å². The lowest BCUT2D eigenvalue weighted by atomic mass is 10.1. The minimum absolute atomic E-state index is 0.0546. The zero-order valence-electron chi connectivity index (χ0n) is 8.78. The molecule has 0 bridgehead atoms. The zero-order chi connectivity index (χ0) is 11.4. The van der Waals surface area contributed by atoms with Crippen LogP contribution in [-0.4, -0.2) is 28.4 Å². The van der Waals surface area contributed by atoms with Crippen LogP contribution in [0.1, 0.15) is 23.2 Å². The number of aromatic nitrogens is 1. The van der Waals surface area contributed by atoms with Crippen LogP contribution in [0.15, 0.2) is 18.3 Å². The molecule has 3 nitrogen and oxygen atoms in total. The van der Waals surface area contributed by atoms with E-state index in [2.05, 4.69) is 10.3 Å². The molecular formula is C11H13ClN2OS. The smallest absolute Gasteiger partial charge is 0.253 e. The largest absolute Gasteiger partial charge is 0.349 e. The summed E-state index contributed by atoms with van der Waals surface area (Å²) in [6.07, 6.45) is 3.62. The molecule has 1 saturated heterocycles. The summed E-state index contributed by atoms with van der Waals surface area (Å²) in [5.74, 6) is 2.20. The molecule has 1 fully saturated rings. The molecular weight excluding hydrogens is 244 g/mol. The van der Waals surface area contributed by atoms with E-state index in [0.717, 1.165) is 24.3 Å². The van der Waals surface area contributed by atoms with Gasteiger partial charge in [0, 0.05) is 12.2 Å². The quantitative estimate of drug-likeness (QED) is 0.826. The first-order valence-electron chi connectivity index (χ1n) is 5.26. The Bertz CT molecular complexity index is 363. The number of thioether (sulfide) groups is 1. The highest BCUT2D eigenvalue weighted by Crippen LogP contribution is 2.17. The molecule has 0 unspecified atom stereocenters. The van der Waals surface area contributed by atoms with Gasteiger partial charge < -0.3 is 5.32 Å². The van der Waals surface area contributed by atoms with Crippen LogP contribution in [0.4, 0.5) is 0 Å². The Morgan fingerprint density at radius 2 is 2.19 bits per heavy atom. The summed E-state index contributed by atoms with van der Waals surface area (Å²) in [4.78, 5) is 15.7. The summed E-state index contributed by atoms with van der Waals surface area (Å²) < 4.78 is 0.